The first-order chi connectivity index (χ1) is 7.99. The fourth-order valence-corrected chi connectivity index (χ4v) is 1.50. The number of Topliss-reactive ketones (excluding diaryl/α,β-unsaturated/α-hetero) is 1. The number of carbonyl (C=O) groups excluding carboxylic acids is 2. The van der Waals surface area contributed by atoms with Gasteiger partial charge in [-0.1, -0.05) is 6.92 Å². The second-order valence-corrected chi connectivity index (χ2v) is 3.51. The number of ether oxygens (including phenoxy) is 1. The van der Waals surface area contributed by atoms with Crippen molar-refractivity contribution in [3.05, 3.63) is 35.4 Å². The second-order valence-electron chi connectivity index (χ2n) is 3.51. The van der Waals surface area contributed by atoms with Crippen LogP contribution in [0, 0.1) is 17.6 Å². The summed E-state index contributed by atoms with van der Waals surface area (Å²) in [5, 5.41) is 0. The standard InChI is InChI=1S/C12H12F2O3/c1-3-10(12(16)17-2)11(15)7-4-8(13)6-9(14)5-7/h4-6,10H,3H2,1-2H3. The molecule has 0 bridgehead atoms. The molecule has 0 N–H and O–H groups in total. The Morgan fingerprint density at radius 3 is 2.18 bits per heavy atom. The zero-order valence-electron chi connectivity index (χ0n) is 9.50. The van der Waals surface area contributed by atoms with Crippen LogP contribution in [0.5, 0.6) is 0 Å². The van der Waals surface area contributed by atoms with Crippen LogP contribution < -0.4 is 0 Å². The van der Waals surface area contributed by atoms with Gasteiger partial charge in [-0.2, -0.15) is 0 Å². The largest absolute Gasteiger partial charge is 0.468 e. The first-order valence-corrected chi connectivity index (χ1v) is 5.07. The van der Waals surface area contributed by atoms with Gasteiger partial charge in [0.25, 0.3) is 0 Å². The van der Waals surface area contributed by atoms with Crippen LogP contribution in [0.15, 0.2) is 18.2 Å². The number of benzene rings is 1. The van der Waals surface area contributed by atoms with Crippen LogP contribution in [0.3, 0.4) is 0 Å². The molecule has 1 aromatic rings. The Bertz CT molecular complexity index is 423. The van der Waals surface area contributed by atoms with Gasteiger partial charge in [-0.25, -0.2) is 8.78 Å². The lowest BCUT2D eigenvalue weighted by molar-refractivity contribution is -0.143. The molecule has 0 amide bonds. The molecule has 0 aromatic heterocycles. The van der Waals surface area contributed by atoms with Crippen LogP contribution in [0.1, 0.15) is 23.7 Å². The van der Waals surface area contributed by atoms with Crippen molar-refractivity contribution in [1.82, 2.24) is 0 Å². The minimum absolute atomic E-state index is 0.167. The van der Waals surface area contributed by atoms with E-state index in [9.17, 15) is 18.4 Å². The molecular formula is C12H12F2O3. The van der Waals surface area contributed by atoms with E-state index < -0.39 is 29.3 Å². The van der Waals surface area contributed by atoms with E-state index in [4.69, 9.17) is 0 Å². The van der Waals surface area contributed by atoms with E-state index in [1.54, 1.807) is 6.92 Å². The molecule has 92 valence electrons. The van der Waals surface area contributed by atoms with Crippen LogP contribution in [-0.2, 0) is 9.53 Å². The maximum Gasteiger partial charge on any atom is 0.316 e. The van der Waals surface area contributed by atoms with Crippen molar-refractivity contribution in [3.63, 3.8) is 0 Å². The van der Waals surface area contributed by atoms with E-state index in [2.05, 4.69) is 4.74 Å². The van der Waals surface area contributed by atoms with E-state index in [0.717, 1.165) is 19.2 Å². The van der Waals surface area contributed by atoms with Crippen molar-refractivity contribution in [2.45, 2.75) is 13.3 Å². The van der Waals surface area contributed by atoms with Gasteiger partial charge < -0.3 is 4.74 Å². The number of halogens is 2. The summed E-state index contributed by atoms with van der Waals surface area (Å²) in [6.07, 6.45) is 0.212. The Kier molecular flexibility index (Phi) is 4.31. The number of ketones is 1. The predicted molar refractivity (Wildman–Crippen MR) is 56.5 cm³/mol. The fourth-order valence-electron chi connectivity index (χ4n) is 1.50. The van der Waals surface area contributed by atoms with Crippen molar-refractivity contribution in [2.75, 3.05) is 7.11 Å². The molecule has 0 saturated carbocycles. The summed E-state index contributed by atoms with van der Waals surface area (Å²) in [5.41, 5.74) is -0.167. The molecule has 0 aliphatic rings. The molecule has 0 aliphatic carbocycles. The van der Waals surface area contributed by atoms with E-state index in [1.165, 1.54) is 0 Å². The zero-order chi connectivity index (χ0) is 13.0. The Hall–Kier alpha value is -1.78. The van der Waals surface area contributed by atoms with Crippen molar-refractivity contribution >= 4 is 11.8 Å². The van der Waals surface area contributed by atoms with Gasteiger partial charge in [0.1, 0.15) is 17.6 Å². The highest BCUT2D eigenvalue weighted by Crippen LogP contribution is 2.16. The summed E-state index contributed by atoms with van der Waals surface area (Å²) in [6.45, 7) is 1.62. The molecule has 1 rings (SSSR count). The molecule has 0 heterocycles. The molecule has 0 radical (unpaired) electrons. The normalized spacial score (nSPS) is 12.0. The smallest absolute Gasteiger partial charge is 0.316 e. The lowest BCUT2D eigenvalue weighted by Crippen LogP contribution is -2.25. The molecule has 0 saturated heterocycles. The lowest BCUT2D eigenvalue weighted by atomic mass is 9.95. The van der Waals surface area contributed by atoms with Gasteiger partial charge in [-0.15, -0.1) is 0 Å². The molecular weight excluding hydrogens is 230 g/mol. The minimum Gasteiger partial charge on any atom is -0.468 e. The topological polar surface area (TPSA) is 43.4 Å². The van der Waals surface area contributed by atoms with Gasteiger partial charge in [0.05, 0.1) is 7.11 Å². The third-order valence-corrected chi connectivity index (χ3v) is 2.36. The predicted octanol–water partition coefficient (Wildman–Crippen LogP) is 2.35. The van der Waals surface area contributed by atoms with Crippen molar-refractivity contribution < 1.29 is 23.1 Å². The molecule has 17 heavy (non-hydrogen) atoms. The number of hydrogen-bond donors (Lipinski definition) is 0. The zero-order valence-corrected chi connectivity index (χ0v) is 9.50. The Balaban J connectivity index is 3.05. The van der Waals surface area contributed by atoms with Gasteiger partial charge in [0.2, 0.25) is 0 Å². The molecule has 5 heteroatoms. The summed E-state index contributed by atoms with van der Waals surface area (Å²) >= 11 is 0. The Morgan fingerprint density at radius 2 is 1.76 bits per heavy atom. The SMILES string of the molecule is CCC(C(=O)OC)C(=O)c1cc(F)cc(F)c1. The van der Waals surface area contributed by atoms with Crippen LogP contribution in [0.2, 0.25) is 0 Å². The van der Waals surface area contributed by atoms with Gasteiger partial charge in [0.15, 0.2) is 5.78 Å². The lowest BCUT2D eigenvalue weighted by Gasteiger charge is -2.11. The summed E-state index contributed by atoms with van der Waals surface area (Å²) in [5.74, 6) is -4.08. The second kappa shape index (κ2) is 5.52. The third-order valence-electron chi connectivity index (χ3n) is 2.36. The average molecular weight is 242 g/mol. The van der Waals surface area contributed by atoms with Gasteiger partial charge in [0, 0.05) is 11.6 Å². The van der Waals surface area contributed by atoms with Crippen molar-refractivity contribution in [2.24, 2.45) is 5.92 Å². The summed E-state index contributed by atoms with van der Waals surface area (Å²) < 4.78 is 30.3. The Morgan fingerprint density at radius 1 is 1.24 bits per heavy atom. The number of carbonyl (C=O) groups is 2. The van der Waals surface area contributed by atoms with E-state index in [-0.39, 0.29) is 12.0 Å². The molecule has 1 aromatic carbocycles. The molecule has 0 fully saturated rings. The first-order valence-electron chi connectivity index (χ1n) is 5.07. The monoisotopic (exact) mass is 242 g/mol. The first kappa shape index (κ1) is 13.3. The van der Waals surface area contributed by atoms with Crippen LogP contribution in [0.25, 0.3) is 0 Å². The quantitative estimate of drug-likeness (QED) is 0.462. The summed E-state index contributed by atoms with van der Waals surface area (Å²) in [6, 6.07) is 2.46. The average Bonchev–Trinajstić information content (AvgIpc) is 2.28. The van der Waals surface area contributed by atoms with Crippen LogP contribution in [0.4, 0.5) is 8.78 Å². The van der Waals surface area contributed by atoms with Gasteiger partial charge in [-0.05, 0) is 18.6 Å². The number of hydrogen-bond acceptors (Lipinski definition) is 3. The minimum atomic E-state index is -1.03. The molecule has 3 nitrogen and oxygen atoms in total. The maximum absolute atomic E-state index is 12.9. The van der Waals surface area contributed by atoms with Gasteiger partial charge in [-0.3, -0.25) is 9.59 Å². The molecule has 0 spiro atoms. The highest BCUT2D eigenvalue weighted by molar-refractivity contribution is 6.08. The van der Waals surface area contributed by atoms with Crippen molar-refractivity contribution in [3.8, 4) is 0 Å². The number of methoxy groups -OCH3 is 1. The fraction of sp³-hybridized carbons (Fsp3) is 0.333. The highest BCUT2D eigenvalue weighted by Gasteiger charge is 2.27. The van der Waals surface area contributed by atoms with Crippen LogP contribution in [-0.4, -0.2) is 18.9 Å². The summed E-state index contributed by atoms with van der Waals surface area (Å²) in [7, 11) is 1.16. The van der Waals surface area contributed by atoms with Gasteiger partial charge >= 0.3 is 5.97 Å². The maximum atomic E-state index is 12.9. The van der Waals surface area contributed by atoms with E-state index in [1.807, 2.05) is 0 Å². The molecule has 1 unspecified atom stereocenters. The van der Waals surface area contributed by atoms with Crippen molar-refractivity contribution in [1.29, 1.82) is 0 Å². The number of esters is 1. The molecule has 0 aliphatic heterocycles. The molecule has 1 atom stereocenters. The highest BCUT2D eigenvalue weighted by atomic mass is 19.1. The van der Waals surface area contributed by atoms with E-state index >= 15 is 0 Å². The Labute approximate surface area is 97.4 Å². The third kappa shape index (κ3) is 3.09. The summed E-state index contributed by atoms with van der Waals surface area (Å²) in [4.78, 5) is 23.1. The van der Waals surface area contributed by atoms with Crippen LogP contribution >= 0.6 is 0 Å². The number of rotatable bonds is 4. The van der Waals surface area contributed by atoms with E-state index in [0.29, 0.717) is 6.07 Å².